The first-order valence-electron chi connectivity index (χ1n) is 9.43. The molecule has 29 heavy (non-hydrogen) atoms. The summed E-state index contributed by atoms with van der Waals surface area (Å²) in [6.07, 6.45) is 0.908. The summed E-state index contributed by atoms with van der Waals surface area (Å²) in [7, 11) is 1.67. The van der Waals surface area contributed by atoms with Gasteiger partial charge >= 0.3 is 0 Å². The monoisotopic (exact) mass is 447 g/mol. The molecular formula is C21H25N3O2S3. The van der Waals surface area contributed by atoms with Crippen molar-refractivity contribution in [2.45, 2.75) is 42.4 Å². The molecule has 0 aliphatic carbocycles. The van der Waals surface area contributed by atoms with Crippen LogP contribution in [0.2, 0.25) is 0 Å². The average Bonchev–Trinajstić information content (AvgIpc) is 3.29. The molecule has 0 unspecified atom stereocenters. The van der Waals surface area contributed by atoms with Crippen LogP contribution in [0.15, 0.2) is 39.0 Å². The third-order valence-corrected chi connectivity index (χ3v) is 7.71. The van der Waals surface area contributed by atoms with E-state index in [1.807, 2.05) is 25.1 Å². The standard InChI is InChI=1S/C21H25N3O2S3/c1-5-27-20-22-23-21(29-20)28-13-19(25)18-12-14(2)24(15(18)3)11-10-16-6-8-17(26-4)9-7-16/h6-9,12H,5,10-11,13H2,1-4H3. The first-order valence-corrected chi connectivity index (χ1v) is 12.2. The summed E-state index contributed by atoms with van der Waals surface area (Å²) in [5.41, 5.74) is 4.19. The van der Waals surface area contributed by atoms with Gasteiger partial charge in [-0.05, 0) is 49.8 Å². The van der Waals surface area contributed by atoms with Gasteiger partial charge in [0.2, 0.25) is 0 Å². The number of rotatable bonds is 10. The van der Waals surface area contributed by atoms with Gasteiger partial charge in [-0.2, -0.15) is 0 Å². The summed E-state index contributed by atoms with van der Waals surface area (Å²) in [6, 6.07) is 10.1. The fourth-order valence-corrected chi connectivity index (χ4v) is 5.90. The zero-order chi connectivity index (χ0) is 20.8. The zero-order valence-electron chi connectivity index (χ0n) is 17.1. The minimum Gasteiger partial charge on any atom is -0.497 e. The van der Waals surface area contributed by atoms with E-state index in [2.05, 4.69) is 40.7 Å². The highest BCUT2D eigenvalue weighted by Gasteiger charge is 2.17. The van der Waals surface area contributed by atoms with E-state index in [9.17, 15) is 4.79 Å². The highest BCUT2D eigenvalue weighted by molar-refractivity contribution is 8.03. The molecule has 154 valence electrons. The second-order valence-corrected chi connectivity index (χ2v) is 10.2. The van der Waals surface area contributed by atoms with Crippen molar-refractivity contribution < 1.29 is 9.53 Å². The Morgan fingerprint density at radius 2 is 1.83 bits per heavy atom. The number of hydrogen-bond acceptors (Lipinski definition) is 7. The fourth-order valence-electron chi connectivity index (χ4n) is 3.10. The Kier molecular flexibility index (Phi) is 7.80. The van der Waals surface area contributed by atoms with Crippen molar-refractivity contribution in [3.8, 4) is 5.75 Å². The Labute approximate surface area is 184 Å². The van der Waals surface area contributed by atoms with Crippen LogP contribution in [0, 0.1) is 13.8 Å². The highest BCUT2D eigenvalue weighted by atomic mass is 32.2. The number of thioether (sulfide) groups is 2. The van der Waals surface area contributed by atoms with Gasteiger partial charge in [0, 0.05) is 23.5 Å². The van der Waals surface area contributed by atoms with Gasteiger partial charge < -0.3 is 9.30 Å². The number of ketones is 1. The number of benzene rings is 1. The Morgan fingerprint density at radius 1 is 1.14 bits per heavy atom. The number of carbonyl (C=O) groups excluding carboxylic acids is 1. The van der Waals surface area contributed by atoms with Gasteiger partial charge in [0.1, 0.15) is 5.75 Å². The maximum absolute atomic E-state index is 12.8. The molecular weight excluding hydrogens is 422 g/mol. The van der Waals surface area contributed by atoms with Crippen molar-refractivity contribution in [1.29, 1.82) is 0 Å². The minimum absolute atomic E-state index is 0.138. The number of carbonyl (C=O) groups is 1. The van der Waals surface area contributed by atoms with Gasteiger partial charge in [-0.25, -0.2) is 0 Å². The van der Waals surface area contributed by atoms with Gasteiger partial charge in [0.15, 0.2) is 14.5 Å². The molecule has 0 bridgehead atoms. The molecule has 3 aromatic rings. The van der Waals surface area contributed by atoms with Crippen LogP contribution < -0.4 is 4.74 Å². The molecule has 0 amide bonds. The highest BCUT2D eigenvalue weighted by Crippen LogP contribution is 2.29. The SMILES string of the molecule is CCSc1nnc(SCC(=O)c2cc(C)n(CCc3ccc(OC)cc3)c2C)s1. The van der Waals surface area contributed by atoms with Gasteiger partial charge in [0.05, 0.1) is 12.9 Å². The van der Waals surface area contributed by atoms with Crippen LogP contribution in [0.1, 0.15) is 34.2 Å². The molecule has 0 aliphatic rings. The second-order valence-electron chi connectivity index (χ2n) is 6.51. The van der Waals surface area contributed by atoms with Gasteiger partial charge in [0.25, 0.3) is 0 Å². The molecule has 1 aromatic carbocycles. The van der Waals surface area contributed by atoms with E-state index in [-0.39, 0.29) is 5.78 Å². The van der Waals surface area contributed by atoms with Crippen molar-refractivity contribution in [3.63, 3.8) is 0 Å². The lowest BCUT2D eigenvalue weighted by Gasteiger charge is -2.10. The molecule has 3 rings (SSSR count). The molecule has 0 atom stereocenters. The van der Waals surface area contributed by atoms with Crippen LogP contribution in [0.25, 0.3) is 0 Å². The van der Waals surface area contributed by atoms with Crippen LogP contribution >= 0.6 is 34.9 Å². The molecule has 0 saturated carbocycles. The molecule has 8 heteroatoms. The normalized spacial score (nSPS) is 11.0. The number of aromatic nitrogens is 3. The summed E-state index contributed by atoms with van der Waals surface area (Å²) in [5.74, 6) is 2.36. The van der Waals surface area contributed by atoms with Gasteiger partial charge in [-0.3, -0.25) is 4.79 Å². The maximum Gasteiger partial charge on any atom is 0.175 e. The second kappa shape index (κ2) is 10.3. The molecule has 2 aromatic heterocycles. The molecule has 0 radical (unpaired) electrons. The number of ether oxygens (including phenoxy) is 1. The average molecular weight is 448 g/mol. The number of hydrogen-bond donors (Lipinski definition) is 0. The predicted molar refractivity (Wildman–Crippen MR) is 122 cm³/mol. The van der Waals surface area contributed by atoms with Crippen molar-refractivity contribution in [3.05, 3.63) is 52.8 Å². The van der Waals surface area contributed by atoms with E-state index in [1.165, 1.54) is 17.3 Å². The molecule has 0 N–H and O–H groups in total. The van der Waals surface area contributed by atoms with Crippen LogP contribution in [-0.2, 0) is 13.0 Å². The molecule has 0 fully saturated rings. The maximum atomic E-state index is 12.8. The molecule has 2 heterocycles. The summed E-state index contributed by atoms with van der Waals surface area (Å²) in [6.45, 7) is 7.02. The van der Waals surface area contributed by atoms with E-state index in [1.54, 1.807) is 30.2 Å². The van der Waals surface area contributed by atoms with Crippen molar-refractivity contribution in [1.82, 2.24) is 14.8 Å². The number of methoxy groups -OCH3 is 1. The lowest BCUT2D eigenvalue weighted by Crippen LogP contribution is -2.08. The van der Waals surface area contributed by atoms with Crippen molar-refractivity contribution >= 4 is 40.6 Å². The lowest BCUT2D eigenvalue weighted by molar-refractivity contribution is 0.102. The van der Waals surface area contributed by atoms with E-state index in [0.29, 0.717) is 5.75 Å². The van der Waals surface area contributed by atoms with Crippen molar-refractivity contribution in [2.24, 2.45) is 0 Å². The third-order valence-electron chi connectivity index (χ3n) is 4.64. The molecule has 5 nitrogen and oxygen atoms in total. The molecule has 0 aliphatic heterocycles. The number of Topliss-reactive ketones (excluding diaryl/α,β-unsaturated/α-hetero) is 1. The van der Waals surface area contributed by atoms with Crippen molar-refractivity contribution in [2.75, 3.05) is 18.6 Å². The first kappa shape index (κ1) is 21.9. The van der Waals surface area contributed by atoms with Crippen LogP contribution in [0.5, 0.6) is 5.75 Å². The zero-order valence-corrected chi connectivity index (χ0v) is 19.5. The quantitative estimate of drug-likeness (QED) is 0.311. The van der Waals surface area contributed by atoms with E-state index in [0.717, 1.165) is 50.1 Å². The van der Waals surface area contributed by atoms with Crippen LogP contribution in [0.4, 0.5) is 0 Å². The van der Waals surface area contributed by atoms with E-state index in [4.69, 9.17) is 4.74 Å². The largest absolute Gasteiger partial charge is 0.497 e. The number of nitrogens with zero attached hydrogens (tertiary/aromatic N) is 3. The Bertz CT molecular complexity index is 964. The summed E-state index contributed by atoms with van der Waals surface area (Å²) >= 11 is 4.70. The van der Waals surface area contributed by atoms with Crippen LogP contribution in [-0.4, -0.2) is 39.2 Å². The molecule has 0 saturated heterocycles. The molecule has 0 spiro atoms. The minimum atomic E-state index is 0.138. The summed E-state index contributed by atoms with van der Waals surface area (Å²) < 4.78 is 9.25. The van der Waals surface area contributed by atoms with E-state index < -0.39 is 0 Å². The predicted octanol–water partition coefficient (Wildman–Crippen LogP) is 5.29. The fraction of sp³-hybridized carbons (Fsp3) is 0.381. The summed E-state index contributed by atoms with van der Waals surface area (Å²) in [5, 5.41) is 8.31. The number of aryl methyl sites for hydroxylation is 2. The lowest BCUT2D eigenvalue weighted by atomic mass is 10.1. The topological polar surface area (TPSA) is 57.0 Å². The van der Waals surface area contributed by atoms with E-state index >= 15 is 0 Å². The Morgan fingerprint density at radius 3 is 2.48 bits per heavy atom. The third kappa shape index (κ3) is 5.65. The van der Waals surface area contributed by atoms with Gasteiger partial charge in [-0.1, -0.05) is 53.9 Å². The Hall–Kier alpha value is -1.77. The van der Waals surface area contributed by atoms with Gasteiger partial charge in [-0.15, -0.1) is 10.2 Å². The first-order chi connectivity index (χ1) is 14.0. The summed E-state index contributed by atoms with van der Waals surface area (Å²) in [4.78, 5) is 12.8. The smallest absolute Gasteiger partial charge is 0.175 e. The van der Waals surface area contributed by atoms with Crippen LogP contribution in [0.3, 0.4) is 0 Å². The Balaban J connectivity index is 1.61.